The Labute approximate surface area is 199 Å². The van der Waals surface area contributed by atoms with E-state index in [4.69, 9.17) is 19.2 Å². The maximum atomic E-state index is 13.1. The highest BCUT2D eigenvalue weighted by Gasteiger charge is 2.43. The third-order valence-electron chi connectivity index (χ3n) is 6.11. The molecule has 2 aromatic carbocycles. The average molecular weight is 467 g/mol. The van der Waals surface area contributed by atoms with Crippen LogP contribution in [-0.2, 0) is 14.3 Å². The van der Waals surface area contributed by atoms with Gasteiger partial charge in [0.2, 0.25) is 11.9 Å². The van der Waals surface area contributed by atoms with Crippen LogP contribution in [0.15, 0.2) is 53.5 Å². The summed E-state index contributed by atoms with van der Waals surface area (Å²) in [6.45, 7) is 4.78. The molecule has 2 atom stereocenters. The molecule has 0 aliphatic carbocycles. The highest BCUT2D eigenvalue weighted by Crippen LogP contribution is 2.36. The monoisotopic (exact) mass is 466 g/mol. The van der Waals surface area contributed by atoms with Gasteiger partial charge in [-0.05, 0) is 37.3 Å². The Hall–Kier alpha value is -3.75. The summed E-state index contributed by atoms with van der Waals surface area (Å²) in [5, 5.41) is 2.84. The first-order valence-electron chi connectivity index (χ1n) is 11.4. The number of carbonyl (C=O) groups excluding carboxylic acids is 2. The number of hydrogen-bond donors (Lipinski definition) is 1. The molecule has 0 bridgehead atoms. The van der Waals surface area contributed by atoms with E-state index < -0.39 is 23.8 Å². The van der Waals surface area contributed by atoms with Crippen LogP contribution in [0.25, 0.3) is 0 Å². The van der Waals surface area contributed by atoms with Gasteiger partial charge >= 0.3 is 5.97 Å². The van der Waals surface area contributed by atoms with Gasteiger partial charge in [-0.3, -0.25) is 14.9 Å². The molecule has 2 heterocycles. The van der Waals surface area contributed by atoms with Crippen LogP contribution in [0, 0.1) is 5.92 Å². The number of methoxy groups -OCH3 is 2. The zero-order valence-electron chi connectivity index (χ0n) is 19.7. The lowest BCUT2D eigenvalue weighted by atomic mass is 9.90. The number of ether oxygens (including phenoxy) is 3. The second-order valence-corrected chi connectivity index (χ2v) is 8.03. The van der Waals surface area contributed by atoms with E-state index >= 15 is 0 Å². The molecule has 34 heavy (non-hydrogen) atoms. The van der Waals surface area contributed by atoms with Crippen LogP contribution in [0.2, 0.25) is 0 Å². The number of hydrogen-bond acceptors (Lipinski definition) is 8. The second-order valence-electron chi connectivity index (χ2n) is 8.03. The molecule has 4 rings (SSSR count). The number of anilines is 1. The van der Waals surface area contributed by atoms with Crippen LogP contribution in [0.4, 0.5) is 5.69 Å². The van der Waals surface area contributed by atoms with Crippen LogP contribution >= 0.6 is 0 Å². The zero-order valence-corrected chi connectivity index (χ0v) is 19.7. The van der Waals surface area contributed by atoms with Gasteiger partial charge in [0.1, 0.15) is 17.5 Å². The lowest BCUT2D eigenvalue weighted by molar-refractivity contribution is -0.153. The molecule has 0 spiro atoms. The SMILES string of the molecule is CCOC(=O)[C@@H]1C(=O)NC(N2CCN(c3ccc(OC)cc3)CC2)=N[C@H]1c1ccccc1OC. The molecule has 0 radical (unpaired) electrons. The minimum Gasteiger partial charge on any atom is -0.497 e. The number of rotatable bonds is 6. The normalized spacial score (nSPS) is 20.3. The first-order chi connectivity index (χ1) is 16.5. The van der Waals surface area contributed by atoms with Crippen molar-refractivity contribution in [3.8, 4) is 11.5 Å². The molecule has 0 unspecified atom stereocenters. The van der Waals surface area contributed by atoms with Gasteiger partial charge in [0.25, 0.3) is 0 Å². The number of nitrogens with one attached hydrogen (secondary N) is 1. The highest BCUT2D eigenvalue weighted by molar-refractivity contribution is 6.08. The van der Waals surface area contributed by atoms with Crippen molar-refractivity contribution in [1.82, 2.24) is 10.2 Å². The van der Waals surface area contributed by atoms with Gasteiger partial charge in [0.15, 0.2) is 5.92 Å². The summed E-state index contributed by atoms with van der Waals surface area (Å²) in [6, 6.07) is 14.5. The lowest BCUT2D eigenvalue weighted by Crippen LogP contribution is -2.57. The summed E-state index contributed by atoms with van der Waals surface area (Å²) in [5.41, 5.74) is 1.79. The fourth-order valence-electron chi connectivity index (χ4n) is 4.33. The van der Waals surface area contributed by atoms with Crippen LogP contribution in [0.3, 0.4) is 0 Å². The van der Waals surface area contributed by atoms with Crippen LogP contribution in [0.1, 0.15) is 18.5 Å². The summed E-state index contributed by atoms with van der Waals surface area (Å²) < 4.78 is 15.9. The van der Waals surface area contributed by atoms with Crippen LogP contribution in [0.5, 0.6) is 11.5 Å². The van der Waals surface area contributed by atoms with Gasteiger partial charge in [0, 0.05) is 37.4 Å². The molecule has 0 saturated carbocycles. The Morgan fingerprint density at radius 3 is 2.32 bits per heavy atom. The Kier molecular flexibility index (Phi) is 7.20. The molecule has 1 N–H and O–H groups in total. The third kappa shape index (κ3) is 4.78. The zero-order chi connectivity index (χ0) is 24.1. The number of guanidine groups is 1. The number of benzene rings is 2. The van der Waals surface area contributed by atoms with E-state index in [1.807, 2.05) is 47.4 Å². The van der Waals surface area contributed by atoms with E-state index in [9.17, 15) is 9.59 Å². The number of amides is 1. The van der Waals surface area contributed by atoms with Crippen molar-refractivity contribution in [3.05, 3.63) is 54.1 Å². The predicted octanol–water partition coefficient (Wildman–Crippen LogP) is 2.23. The lowest BCUT2D eigenvalue weighted by Gasteiger charge is -2.39. The van der Waals surface area contributed by atoms with Crippen molar-refractivity contribution >= 4 is 23.5 Å². The number of para-hydroxylation sites is 1. The van der Waals surface area contributed by atoms with Crippen molar-refractivity contribution in [1.29, 1.82) is 0 Å². The Balaban J connectivity index is 1.56. The summed E-state index contributed by atoms with van der Waals surface area (Å²) >= 11 is 0. The topological polar surface area (TPSA) is 92.7 Å². The largest absolute Gasteiger partial charge is 0.497 e. The minimum atomic E-state index is -1.08. The average Bonchev–Trinajstić information content (AvgIpc) is 2.88. The molecule has 2 aromatic rings. The standard InChI is InChI=1S/C25H30N4O5/c1-4-34-24(31)21-22(19-7-5-6-8-20(19)33-3)26-25(27-23(21)30)29-15-13-28(14-16-29)17-9-11-18(32-2)12-10-17/h5-12,21-22H,4,13-16H2,1-3H3,(H,26,27,30)/t21-,22-/m0/s1. The van der Waals surface area contributed by atoms with Gasteiger partial charge in [-0.15, -0.1) is 0 Å². The number of aliphatic imine (C=N–C) groups is 1. The van der Waals surface area contributed by atoms with Crippen molar-refractivity contribution < 1.29 is 23.8 Å². The van der Waals surface area contributed by atoms with E-state index in [-0.39, 0.29) is 6.61 Å². The maximum absolute atomic E-state index is 13.1. The van der Waals surface area contributed by atoms with Crippen molar-refractivity contribution in [2.45, 2.75) is 13.0 Å². The fourth-order valence-corrected chi connectivity index (χ4v) is 4.33. The molecule has 0 aromatic heterocycles. The summed E-state index contributed by atoms with van der Waals surface area (Å²) in [5.74, 6) is -0.236. The van der Waals surface area contributed by atoms with Crippen molar-refractivity contribution in [3.63, 3.8) is 0 Å². The molecule has 1 amide bonds. The van der Waals surface area contributed by atoms with Gasteiger partial charge in [-0.1, -0.05) is 18.2 Å². The molecule has 9 nitrogen and oxygen atoms in total. The molecular weight excluding hydrogens is 436 g/mol. The summed E-state index contributed by atoms with van der Waals surface area (Å²) in [4.78, 5) is 35.0. The molecule has 9 heteroatoms. The number of esters is 1. The van der Waals surface area contributed by atoms with Gasteiger partial charge in [-0.2, -0.15) is 0 Å². The maximum Gasteiger partial charge on any atom is 0.321 e. The third-order valence-corrected chi connectivity index (χ3v) is 6.11. The van der Waals surface area contributed by atoms with E-state index in [1.165, 1.54) is 0 Å². The quantitative estimate of drug-likeness (QED) is 0.516. The van der Waals surface area contributed by atoms with Crippen molar-refractivity contribution in [2.24, 2.45) is 10.9 Å². The molecule has 180 valence electrons. The molecular formula is C25H30N4O5. The number of piperazine rings is 1. The Morgan fingerprint density at radius 1 is 1.00 bits per heavy atom. The fraction of sp³-hybridized carbons (Fsp3) is 0.400. The number of nitrogens with zero attached hydrogens (tertiary/aromatic N) is 3. The minimum absolute atomic E-state index is 0.186. The molecule has 1 fully saturated rings. The van der Waals surface area contributed by atoms with Gasteiger partial charge in [-0.25, -0.2) is 4.99 Å². The van der Waals surface area contributed by atoms with Crippen LogP contribution in [-0.4, -0.2) is 69.7 Å². The smallest absolute Gasteiger partial charge is 0.321 e. The Bertz CT molecular complexity index is 1050. The van der Waals surface area contributed by atoms with Crippen molar-refractivity contribution in [2.75, 3.05) is 51.9 Å². The molecule has 1 saturated heterocycles. The molecule has 2 aliphatic heterocycles. The van der Waals surface area contributed by atoms with E-state index in [2.05, 4.69) is 10.2 Å². The van der Waals surface area contributed by atoms with Crippen LogP contribution < -0.4 is 19.7 Å². The Morgan fingerprint density at radius 2 is 1.68 bits per heavy atom. The van der Waals surface area contributed by atoms with E-state index in [0.29, 0.717) is 30.4 Å². The van der Waals surface area contributed by atoms with Gasteiger partial charge in [0.05, 0.1) is 20.8 Å². The highest BCUT2D eigenvalue weighted by atomic mass is 16.5. The number of carbonyl (C=O) groups is 2. The predicted molar refractivity (Wildman–Crippen MR) is 128 cm³/mol. The molecule has 2 aliphatic rings. The van der Waals surface area contributed by atoms with E-state index in [1.54, 1.807) is 27.2 Å². The first-order valence-corrected chi connectivity index (χ1v) is 11.4. The van der Waals surface area contributed by atoms with E-state index in [0.717, 1.165) is 24.5 Å². The van der Waals surface area contributed by atoms with Gasteiger partial charge < -0.3 is 24.0 Å². The summed E-state index contributed by atoms with van der Waals surface area (Å²) in [7, 11) is 3.21. The second kappa shape index (κ2) is 10.5. The first kappa shape index (κ1) is 23.4. The summed E-state index contributed by atoms with van der Waals surface area (Å²) in [6.07, 6.45) is 0.